The van der Waals surface area contributed by atoms with Crippen molar-refractivity contribution >= 4 is 23.4 Å². The first kappa shape index (κ1) is 19.7. The van der Waals surface area contributed by atoms with Crippen molar-refractivity contribution in [3.05, 3.63) is 66.7 Å². The summed E-state index contributed by atoms with van der Waals surface area (Å²) in [6.45, 7) is 6.43. The van der Waals surface area contributed by atoms with Crippen LogP contribution < -0.4 is 10.1 Å². The Morgan fingerprint density at radius 1 is 1.18 bits per heavy atom. The van der Waals surface area contributed by atoms with Gasteiger partial charge >= 0.3 is 0 Å². The molecule has 0 fully saturated rings. The lowest BCUT2D eigenvalue weighted by Gasteiger charge is -2.09. The molecule has 1 N–H and O–H groups in total. The van der Waals surface area contributed by atoms with E-state index in [-0.39, 0.29) is 11.7 Å². The lowest BCUT2D eigenvalue weighted by molar-refractivity contribution is -0.113. The molecule has 0 aliphatic carbocycles. The molecule has 0 spiro atoms. The Hall–Kier alpha value is -3.06. The van der Waals surface area contributed by atoms with Crippen LogP contribution in [0, 0.1) is 6.92 Å². The van der Waals surface area contributed by atoms with E-state index in [9.17, 15) is 4.79 Å². The highest BCUT2D eigenvalue weighted by Crippen LogP contribution is 2.24. The van der Waals surface area contributed by atoms with Crippen molar-refractivity contribution in [2.45, 2.75) is 18.6 Å². The normalized spacial score (nSPS) is 10.5. The number of rotatable bonds is 8. The van der Waals surface area contributed by atoms with Crippen molar-refractivity contribution in [1.82, 2.24) is 14.8 Å². The molecule has 144 valence electrons. The number of thioether (sulfide) groups is 1. The Morgan fingerprint density at radius 2 is 1.89 bits per heavy atom. The molecule has 1 heterocycles. The van der Waals surface area contributed by atoms with E-state index in [4.69, 9.17) is 4.74 Å². The molecule has 1 aromatic heterocycles. The third-order valence-electron chi connectivity index (χ3n) is 4.04. The minimum atomic E-state index is -0.111. The summed E-state index contributed by atoms with van der Waals surface area (Å²) in [5, 5.41) is 12.1. The van der Waals surface area contributed by atoms with Gasteiger partial charge in [0.2, 0.25) is 5.91 Å². The molecule has 0 saturated heterocycles. The van der Waals surface area contributed by atoms with E-state index in [1.165, 1.54) is 17.3 Å². The van der Waals surface area contributed by atoms with Crippen LogP contribution in [-0.2, 0) is 11.3 Å². The third-order valence-corrected chi connectivity index (χ3v) is 5.01. The molecule has 6 nitrogen and oxygen atoms in total. The fraction of sp³-hybridized carbons (Fsp3) is 0.190. The van der Waals surface area contributed by atoms with E-state index in [1.54, 1.807) is 37.5 Å². The van der Waals surface area contributed by atoms with Crippen molar-refractivity contribution in [2.24, 2.45) is 0 Å². The van der Waals surface area contributed by atoms with Crippen molar-refractivity contribution < 1.29 is 9.53 Å². The van der Waals surface area contributed by atoms with E-state index in [2.05, 4.69) is 22.1 Å². The number of amides is 1. The maximum Gasteiger partial charge on any atom is 0.234 e. The number of ether oxygens (including phenoxy) is 1. The molecule has 3 aromatic rings. The molecule has 0 aliphatic heterocycles. The minimum absolute atomic E-state index is 0.111. The number of aromatic nitrogens is 3. The average Bonchev–Trinajstić information content (AvgIpc) is 3.10. The number of aryl methyl sites for hydroxylation is 1. The van der Waals surface area contributed by atoms with Gasteiger partial charge in [0.05, 0.1) is 12.9 Å². The lowest BCUT2D eigenvalue weighted by Crippen LogP contribution is -2.14. The fourth-order valence-corrected chi connectivity index (χ4v) is 3.35. The first-order valence-electron chi connectivity index (χ1n) is 8.78. The molecule has 28 heavy (non-hydrogen) atoms. The molecule has 0 atom stereocenters. The molecule has 1 amide bonds. The number of benzene rings is 2. The standard InChI is InChI=1S/C21H22N4O2S/c1-4-13-25-20(16-7-5-15(2)6-8-16)23-24-21(25)28-14-19(26)22-17-9-11-18(27-3)12-10-17/h4-12H,1,13-14H2,2-3H3,(H,22,26). The van der Waals surface area contributed by atoms with Crippen LogP contribution in [0.25, 0.3) is 11.4 Å². The van der Waals surface area contributed by atoms with Crippen LogP contribution >= 0.6 is 11.8 Å². The van der Waals surface area contributed by atoms with E-state index in [1.807, 2.05) is 35.8 Å². The van der Waals surface area contributed by atoms with Crippen LogP contribution in [0.3, 0.4) is 0 Å². The SMILES string of the molecule is C=CCn1c(SCC(=O)Nc2ccc(OC)cc2)nnc1-c1ccc(C)cc1. The molecular weight excluding hydrogens is 372 g/mol. The van der Waals surface area contributed by atoms with Crippen molar-refractivity contribution in [1.29, 1.82) is 0 Å². The summed E-state index contributed by atoms with van der Waals surface area (Å²) in [5.41, 5.74) is 2.89. The summed E-state index contributed by atoms with van der Waals surface area (Å²) >= 11 is 1.35. The molecular formula is C21H22N4O2S. The van der Waals surface area contributed by atoms with Gasteiger partial charge in [-0.15, -0.1) is 16.8 Å². The number of nitrogens with one attached hydrogen (secondary N) is 1. The highest BCUT2D eigenvalue weighted by Gasteiger charge is 2.15. The van der Waals surface area contributed by atoms with Crippen LogP contribution in [0.2, 0.25) is 0 Å². The molecule has 0 unspecified atom stereocenters. The number of anilines is 1. The number of nitrogens with zero attached hydrogens (tertiary/aromatic N) is 3. The Labute approximate surface area is 168 Å². The Morgan fingerprint density at radius 3 is 2.54 bits per heavy atom. The second-order valence-corrected chi connectivity index (χ2v) is 7.08. The number of methoxy groups -OCH3 is 1. The van der Waals surface area contributed by atoms with Gasteiger partial charge in [-0.1, -0.05) is 47.7 Å². The Bertz CT molecular complexity index is 950. The van der Waals surface area contributed by atoms with Crippen LogP contribution in [0.4, 0.5) is 5.69 Å². The van der Waals surface area contributed by atoms with Gasteiger partial charge in [-0.25, -0.2) is 0 Å². The molecule has 7 heteroatoms. The van der Waals surface area contributed by atoms with Gasteiger partial charge in [0, 0.05) is 17.8 Å². The summed E-state index contributed by atoms with van der Waals surface area (Å²) < 4.78 is 7.08. The number of allylic oxidation sites excluding steroid dienone is 1. The second-order valence-electron chi connectivity index (χ2n) is 6.14. The second kappa shape index (κ2) is 9.23. The molecule has 0 radical (unpaired) electrons. The average molecular weight is 395 g/mol. The summed E-state index contributed by atoms with van der Waals surface area (Å²) in [6, 6.07) is 15.3. The monoisotopic (exact) mass is 394 g/mol. The lowest BCUT2D eigenvalue weighted by atomic mass is 10.1. The van der Waals surface area contributed by atoms with E-state index < -0.39 is 0 Å². The molecule has 0 bridgehead atoms. The number of carbonyl (C=O) groups is 1. The van der Waals surface area contributed by atoms with E-state index in [0.717, 1.165) is 22.8 Å². The minimum Gasteiger partial charge on any atom is -0.497 e. The van der Waals surface area contributed by atoms with E-state index in [0.29, 0.717) is 11.7 Å². The fourth-order valence-electron chi connectivity index (χ4n) is 2.61. The number of hydrogen-bond acceptors (Lipinski definition) is 5. The van der Waals surface area contributed by atoms with Crippen LogP contribution in [0.1, 0.15) is 5.56 Å². The summed E-state index contributed by atoms with van der Waals surface area (Å²) in [5.74, 6) is 1.63. The summed E-state index contributed by atoms with van der Waals surface area (Å²) in [4.78, 5) is 12.3. The predicted molar refractivity (Wildman–Crippen MR) is 113 cm³/mol. The van der Waals surface area contributed by atoms with Gasteiger partial charge in [0.15, 0.2) is 11.0 Å². The molecule has 0 saturated carbocycles. The first-order chi connectivity index (χ1) is 13.6. The van der Waals surface area contributed by atoms with Crippen LogP contribution in [0.15, 0.2) is 66.3 Å². The highest BCUT2D eigenvalue weighted by molar-refractivity contribution is 7.99. The highest BCUT2D eigenvalue weighted by atomic mass is 32.2. The van der Waals surface area contributed by atoms with Crippen molar-refractivity contribution in [3.63, 3.8) is 0 Å². The maximum atomic E-state index is 12.3. The Kier molecular flexibility index (Phi) is 6.49. The number of carbonyl (C=O) groups excluding carboxylic acids is 1. The predicted octanol–water partition coefficient (Wildman–Crippen LogP) is 4.18. The van der Waals surface area contributed by atoms with Crippen LogP contribution in [-0.4, -0.2) is 33.5 Å². The van der Waals surface area contributed by atoms with E-state index >= 15 is 0 Å². The van der Waals surface area contributed by atoms with Gasteiger partial charge in [-0.05, 0) is 31.2 Å². The topological polar surface area (TPSA) is 69.0 Å². The molecule has 0 aliphatic rings. The zero-order valence-electron chi connectivity index (χ0n) is 15.9. The zero-order valence-corrected chi connectivity index (χ0v) is 16.7. The quantitative estimate of drug-likeness (QED) is 0.458. The Balaban J connectivity index is 1.68. The first-order valence-corrected chi connectivity index (χ1v) is 9.77. The van der Waals surface area contributed by atoms with Gasteiger partial charge < -0.3 is 10.1 Å². The number of hydrogen-bond donors (Lipinski definition) is 1. The molecule has 3 rings (SSSR count). The van der Waals surface area contributed by atoms with Gasteiger partial charge in [0.25, 0.3) is 0 Å². The molecule has 2 aromatic carbocycles. The summed E-state index contributed by atoms with van der Waals surface area (Å²) in [6.07, 6.45) is 1.79. The largest absolute Gasteiger partial charge is 0.497 e. The third kappa shape index (κ3) is 4.80. The summed E-state index contributed by atoms with van der Waals surface area (Å²) in [7, 11) is 1.61. The van der Waals surface area contributed by atoms with Gasteiger partial charge in [0.1, 0.15) is 5.75 Å². The maximum absolute atomic E-state index is 12.3. The van der Waals surface area contributed by atoms with Gasteiger partial charge in [-0.3, -0.25) is 9.36 Å². The van der Waals surface area contributed by atoms with Crippen LogP contribution in [0.5, 0.6) is 5.75 Å². The smallest absolute Gasteiger partial charge is 0.234 e. The van der Waals surface area contributed by atoms with Crippen molar-refractivity contribution in [3.8, 4) is 17.1 Å². The van der Waals surface area contributed by atoms with Gasteiger partial charge in [-0.2, -0.15) is 0 Å². The zero-order chi connectivity index (χ0) is 19.9. The van der Waals surface area contributed by atoms with Crippen molar-refractivity contribution in [2.75, 3.05) is 18.2 Å².